The molecule has 0 aliphatic heterocycles. The number of aromatic nitrogens is 2. The van der Waals surface area contributed by atoms with Gasteiger partial charge in [0.2, 0.25) is 5.13 Å². The van der Waals surface area contributed by atoms with Crippen LogP contribution >= 0.6 is 23.1 Å². The number of hydrogen-bond acceptors (Lipinski definition) is 6. The summed E-state index contributed by atoms with van der Waals surface area (Å²) in [4.78, 5) is 12.3. The summed E-state index contributed by atoms with van der Waals surface area (Å²) in [6, 6.07) is 4.05. The smallest absolute Gasteiger partial charge is 0.266 e. The second kappa shape index (κ2) is 7.79. The van der Waals surface area contributed by atoms with Crippen LogP contribution < -0.4 is 10.1 Å². The summed E-state index contributed by atoms with van der Waals surface area (Å²) in [5.74, 6) is 1.44. The van der Waals surface area contributed by atoms with Crippen molar-refractivity contribution in [3.63, 3.8) is 0 Å². The lowest BCUT2D eigenvalue weighted by Gasteiger charge is -2.17. The van der Waals surface area contributed by atoms with Crippen LogP contribution in [0.4, 0.5) is 5.13 Å². The monoisotopic (exact) mass is 351 g/mol. The molecule has 124 valence electrons. The van der Waals surface area contributed by atoms with Gasteiger partial charge in [0.25, 0.3) is 5.91 Å². The van der Waals surface area contributed by atoms with Crippen LogP contribution in [0.2, 0.25) is 0 Å². The number of ether oxygens (including phenoxy) is 1. The van der Waals surface area contributed by atoms with Gasteiger partial charge in [-0.25, -0.2) is 0 Å². The molecule has 0 unspecified atom stereocenters. The number of thioether (sulfide) groups is 1. The number of nitrogens with zero attached hydrogens (tertiary/aromatic N) is 2. The Morgan fingerprint density at radius 3 is 2.78 bits per heavy atom. The maximum Gasteiger partial charge on any atom is 0.266 e. The van der Waals surface area contributed by atoms with E-state index in [1.807, 2.05) is 33.8 Å². The van der Waals surface area contributed by atoms with Crippen molar-refractivity contribution in [3.05, 3.63) is 28.8 Å². The van der Waals surface area contributed by atoms with E-state index in [-0.39, 0.29) is 5.91 Å². The highest BCUT2D eigenvalue weighted by atomic mass is 32.2. The number of hydrogen-bond donors (Lipinski definition) is 1. The van der Waals surface area contributed by atoms with Gasteiger partial charge in [0.15, 0.2) is 10.4 Å². The molecule has 0 fully saturated rings. The normalized spacial score (nSPS) is 12.0. The van der Waals surface area contributed by atoms with Crippen molar-refractivity contribution >= 4 is 34.1 Å². The quantitative estimate of drug-likeness (QED) is 0.630. The minimum Gasteiger partial charge on any atom is -0.481 e. The highest BCUT2D eigenvalue weighted by Crippen LogP contribution is 2.26. The molecule has 0 radical (unpaired) electrons. The average molecular weight is 351 g/mol. The molecule has 7 heteroatoms. The van der Waals surface area contributed by atoms with Crippen LogP contribution in [0.1, 0.15) is 30.5 Å². The molecule has 23 heavy (non-hydrogen) atoms. The van der Waals surface area contributed by atoms with Crippen molar-refractivity contribution in [1.82, 2.24) is 10.2 Å². The van der Waals surface area contributed by atoms with Crippen molar-refractivity contribution < 1.29 is 9.53 Å². The SMILES string of the molecule is CCSc1nnc(NC(=O)[C@@H](C)Oc2cc(C)cc(C)c2C)s1. The Bertz CT molecular complexity index is 701. The first-order valence-electron chi connectivity index (χ1n) is 7.42. The number of carbonyl (C=O) groups is 1. The van der Waals surface area contributed by atoms with Gasteiger partial charge in [0.05, 0.1) is 0 Å². The predicted octanol–water partition coefficient (Wildman–Crippen LogP) is 3.98. The Kier molecular flexibility index (Phi) is 6.01. The fourth-order valence-corrected chi connectivity index (χ4v) is 3.67. The van der Waals surface area contributed by atoms with Gasteiger partial charge in [-0.05, 0) is 56.2 Å². The second-order valence-corrected chi connectivity index (χ2v) is 7.75. The predicted molar refractivity (Wildman–Crippen MR) is 95.7 cm³/mol. The van der Waals surface area contributed by atoms with Crippen LogP contribution in [0.15, 0.2) is 16.5 Å². The number of carbonyl (C=O) groups excluding carboxylic acids is 1. The summed E-state index contributed by atoms with van der Waals surface area (Å²) in [6.07, 6.45) is -0.610. The molecule has 2 aromatic rings. The van der Waals surface area contributed by atoms with Gasteiger partial charge in [-0.2, -0.15) is 0 Å². The van der Waals surface area contributed by atoms with Crippen LogP contribution in [-0.2, 0) is 4.79 Å². The van der Waals surface area contributed by atoms with Crippen LogP contribution in [0.25, 0.3) is 0 Å². The van der Waals surface area contributed by atoms with E-state index in [0.29, 0.717) is 5.13 Å². The number of anilines is 1. The molecule has 0 aliphatic rings. The molecule has 0 bridgehead atoms. The van der Waals surface area contributed by atoms with E-state index in [4.69, 9.17) is 4.74 Å². The van der Waals surface area contributed by atoms with E-state index in [2.05, 4.69) is 21.6 Å². The Labute approximate surface area is 144 Å². The summed E-state index contributed by atoms with van der Waals surface area (Å²) in [5.41, 5.74) is 3.31. The maximum absolute atomic E-state index is 12.3. The Balaban J connectivity index is 2.02. The molecular weight excluding hydrogens is 330 g/mol. The Morgan fingerprint density at radius 2 is 2.09 bits per heavy atom. The van der Waals surface area contributed by atoms with Crippen molar-refractivity contribution in [1.29, 1.82) is 0 Å². The number of rotatable bonds is 6. The fraction of sp³-hybridized carbons (Fsp3) is 0.438. The third kappa shape index (κ3) is 4.68. The molecule has 1 aromatic carbocycles. The lowest BCUT2D eigenvalue weighted by Crippen LogP contribution is -2.30. The maximum atomic E-state index is 12.3. The van der Waals surface area contributed by atoms with E-state index in [1.165, 1.54) is 11.3 Å². The molecule has 0 saturated carbocycles. The third-order valence-corrected chi connectivity index (χ3v) is 5.20. The zero-order valence-electron chi connectivity index (χ0n) is 14.0. The van der Waals surface area contributed by atoms with Gasteiger partial charge >= 0.3 is 0 Å². The molecule has 1 amide bonds. The molecule has 0 saturated heterocycles. The van der Waals surface area contributed by atoms with Gasteiger partial charge in [-0.1, -0.05) is 36.1 Å². The minimum atomic E-state index is -0.610. The van der Waals surface area contributed by atoms with E-state index in [0.717, 1.165) is 32.5 Å². The van der Waals surface area contributed by atoms with Gasteiger partial charge in [0, 0.05) is 0 Å². The van der Waals surface area contributed by atoms with Gasteiger partial charge in [0.1, 0.15) is 5.75 Å². The fourth-order valence-electron chi connectivity index (χ4n) is 2.02. The summed E-state index contributed by atoms with van der Waals surface area (Å²) in [6.45, 7) is 9.82. The number of amides is 1. The number of nitrogens with one attached hydrogen (secondary N) is 1. The molecule has 1 atom stereocenters. The minimum absolute atomic E-state index is 0.229. The molecule has 2 rings (SSSR count). The van der Waals surface area contributed by atoms with E-state index in [1.54, 1.807) is 18.7 Å². The molecule has 1 heterocycles. The first kappa shape index (κ1) is 17.7. The van der Waals surface area contributed by atoms with Gasteiger partial charge in [-0.3, -0.25) is 10.1 Å². The van der Waals surface area contributed by atoms with Crippen molar-refractivity contribution in [2.45, 2.75) is 45.1 Å². The van der Waals surface area contributed by atoms with Crippen LogP contribution in [-0.4, -0.2) is 28.0 Å². The number of aryl methyl sites for hydroxylation is 2. The molecule has 1 N–H and O–H groups in total. The summed E-state index contributed by atoms with van der Waals surface area (Å²) in [5, 5.41) is 11.2. The van der Waals surface area contributed by atoms with Gasteiger partial charge < -0.3 is 4.74 Å². The highest BCUT2D eigenvalue weighted by molar-refractivity contribution is 8.01. The third-order valence-electron chi connectivity index (χ3n) is 3.34. The largest absolute Gasteiger partial charge is 0.481 e. The Morgan fingerprint density at radius 1 is 1.35 bits per heavy atom. The van der Waals surface area contributed by atoms with E-state index in [9.17, 15) is 4.79 Å². The lowest BCUT2D eigenvalue weighted by atomic mass is 10.1. The molecule has 5 nitrogen and oxygen atoms in total. The Hall–Kier alpha value is -1.60. The standard InChI is InChI=1S/C16H21N3O2S2/c1-6-22-16-19-18-15(23-16)17-14(20)12(5)21-13-8-9(2)7-10(3)11(13)4/h7-8,12H,6H2,1-5H3,(H,17,18,20)/t12-/m1/s1. The lowest BCUT2D eigenvalue weighted by molar-refractivity contribution is -0.122. The number of benzene rings is 1. The molecule has 0 aliphatic carbocycles. The summed E-state index contributed by atoms with van der Waals surface area (Å²) < 4.78 is 6.68. The zero-order chi connectivity index (χ0) is 17.0. The first-order valence-corrected chi connectivity index (χ1v) is 9.22. The molecule has 1 aromatic heterocycles. The van der Waals surface area contributed by atoms with Crippen LogP contribution in [0, 0.1) is 20.8 Å². The molecule has 0 spiro atoms. The van der Waals surface area contributed by atoms with Crippen molar-refractivity contribution in [2.24, 2.45) is 0 Å². The van der Waals surface area contributed by atoms with E-state index >= 15 is 0 Å². The summed E-state index contributed by atoms with van der Waals surface area (Å²) in [7, 11) is 0. The van der Waals surface area contributed by atoms with Crippen molar-refractivity contribution in [2.75, 3.05) is 11.1 Å². The van der Waals surface area contributed by atoms with Crippen molar-refractivity contribution in [3.8, 4) is 5.75 Å². The average Bonchev–Trinajstić information content (AvgIpc) is 2.91. The van der Waals surface area contributed by atoms with Crippen LogP contribution in [0.3, 0.4) is 0 Å². The zero-order valence-corrected chi connectivity index (χ0v) is 15.6. The highest BCUT2D eigenvalue weighted by Gasteiger charge is 2.18. The van der Waals surface area contributed by atoms with Gasteiger partial charge in [-0.15, -0.1) is 10.2 Å². The first-order chi connectivity index (χ1) is 10.9. The topological polar surface area (TPSA) is 64.1 Å². The molecular formula is C16H21N3O2S2. The summed E-state index contributed by atoms with van der Waals surface area (Å²) >= 11 is 2.97. The van der Waals surface area contributed by atoms with E-state index < -0.39 is 6.10 Å². The second-order valence-electron chi connectivity index (χ2n) is 5.26. The van der Waals surface area contributed by atoms with Crippen LogP contribution in [0.5, 0.6) is 5.75 Å².